The molecule has 0 radical (unpaired) electrons. The Hall–Kier alpha value is -0.940. The van der Waals surface area contributed by atoms with Gasteiger partial charge in [-0.05, 0) is 41.0 Å². The molecule has 1 fully saturated rings. The van der Waals surface area contributed by atoms with Crippen molar-refractivity contribution in [3.63, 3.8) is 0 Å². The topological polar surface area (TPSA) is 59.9 Å². The van der Waals surface area contributed by atoms with Gasteiger partial charge in [0.1, 0.15) is 5.72 Å². The van der Waals surface area contributed by atoms with Crippen LogP contribution in [0.2, 0.25) is 0 Å². The molecule has 5 heteroatoms. The molecule has 0 unspecified atom stereocenters. The maximum atomic E-state index is 11.4. The highest BCUT2D eigenvalue weighted by molar-refractivity contribution is 5.79. The summed E-state index contributed by atoms with van der Waals surface area (Å²) in [6, 6.07) is 0.170. The van der Waals surface area contributed by atoms with Crippen molar-refractivity contribution in [2.24, 2.45) is 4.99 Å². The van der Waals surface area contributed by atoms with E-state index < -0.39 is 0 Å². The Labute approximate surface area is 115 Å². The molecule has 3 atom stereocenters. The number of nitrogens with one attached hydrogen (secondary N) is 1. The Morgan fingerprint density at radius 2 is 2.11 bits per heavy atom. The number of hydrogen-bond acceptors (Lipinski definition) is 5. The first-order chi connectivity index (χ1) is 8.73. The number of methoxy groups -OCH3 is 1. The zero-order chi connectivity index (χ0) is 14.6. The van der Waals surface area contributed by atoms with Gasteiger partial charge < -0.3 is 9.47 Å². The van der Waals surface area contributed by atoms with Gasteiger partial charge in [0, 0.05) is 11.8 Å². The molecule has 0 spiro atoms. The highest BCUT2D eigenvalue weighted by Crippen LogP contribution is 2.25. The van der Waals surface area contributed by atoms with Crippen LogP contribution in [0.4, 0.5) is 0 Å². The van der Waals surface area contributed by atoms with E-state index >= 15 is 0 Å². The molecule has 1 N–H and O–H groups in total. The second-order valence-corrected chi connectivity index (χ2v) is 5.85. The first-order valence-corrected chi connectivity index (χ1v) is 6.77. The van der Waals surface area contributed by atoms with Gasteiger partial charge in [0.15, 0.2) is 0 Å². The van der Waals surface area contributed by atoms with E-state index in [0.29, 0.717) is 6.42 Å². The summed E-state index contributed by atoms with van der Waals surface area (Å²) in [6.45, 7) is 9.98. The third kappa shape index (κ3) is 5.28. The van der Waals surface area contributed by atoms with E-state index in [1.54, 1.807) is 0 Å². The first-order valence-electron chi connectivity index (χ1n) is 6.77. The minimum absolute atomic E-state index is 0.0627. The van der Waals surface area contributed by atoms with Gasteiger partial charge in [-0.15, -0.1) is 0 Å². The number of rotatable bonds is 5. The lowest BCUT2D eigenvalue weighted by atomic mass is 10.0. The van der Waals surface area contributed by atoms with Crippen molar-refractivity contribution in [3.05, 3.63) is 0 Å². The molecule has 0 aliphatic carbocycles. The molecule has 5 nitrogen and oxygen atoms in total. The molecule has 0 bridgehead atoms. The van der Waals surface area contributed by atoms with E-state index in [4.69, 9.17) is 9.47 Å². The highest BCUT2D eigenvalue weighted by atomic mass is 16.5. The molecular weight excluding hydrogens is 244 g/mol. The molecule has 1 saturated heterocycles. The smallest absolute Gasteiger partial charge is 0.307 e. The summed E-state index contributed by atoms with van der Waals surface area (Å²) in [5.74, 6) is -0.229. The standard InChI is InChI=1S/C14H26N2O3/c1-9(2)15-11(8-13(17)18-6)7-12-10(3)16-14(4,5)19-12/h10-12,16H,7-8H2,1-6H3/t10-,11-,12-/m1/s1. The predicted molar refractivity (Wildman–Crippen MR) is 75.4 cm³/mol. The van der Waals surface area contributed by atoms with E-state index in [2.05, 4.69) is 17.2 Å². The number of carbonyl (C=O) groups is 1. The van der Waals surface area contributed by atoms with Gasteiger partial charge in [-0.25, -0.2) is 0 Å². The van der Waals surface area contributed by atoms with Gasteiger partial charge in [-0.2, -0.15) is 0 Å². The van der Waals surface area contributed by atoms with Crippen LogP contribution in [-0.2, 0) is 14.3 Å². The lowest BCUT2D eigenvalue weighted by Gasteiger charge is -2.21. The summed E-state index contributed by atoms with van der Waals surface area (Å²) in [5.41, 5.74) is 0.650. The van der Waals surface area contributed by atoms with Gasteiger partial charge in [0.2, 0.25) is 0 Å². The van der Waals surface area contributed by atoms with Crippen molar-refractivity contribution < 1.29 is 14.3 Å². The number of esters is 1. The van der Waals surface area contributed by atoms with Crippen LogP contribution < -0.4 is 5.32 Å². The van der Waals surface area contributed by atoms with E-state index in [1.165, 1.54) is 7.11 Å². The Morgan fingerprint density at radius 3 is 2.53 bits per heavy atom. The van der Waals surface area contributed by atoms with Gasteiger partial charge >= 0.3 is 5.97 Å². The number of hydrogen-bond donors (Lipinski definition) is 1. The van der Waals surface area contributed by atoms with Gasteiger partial charge in [0.25, 0.3) is 0 Å². The summed E-state index contributed by atoms with van der Waals surface area (Å²) in [5, 5.41) is 3.38. The first kappa shape index (κ1) is 16.1. The lowest BCUT2D eigenvalue weighted by Crippen LogP contribution is -2.37. The zero-order valence-electron chi connectivity index (χ0n) is 12.8. The van der Waals surface area contributed by atoms with E-state index in [1.807, 2.05) is 27.7 Å². The van der Waals surface area contributed by atoms with Crippen molar-refractivity contribution in [1.29, 1.82) is 0 Å². The maximum Gasteiger partial charge on any atom is 0.307 e. The summed E-state index contributed by atoms with van der Waals surface area (Å²) in [6.07, 6.45) is 1.08. The van der Waals surface area contributed by atoms with E-state index in [-0.39, 0.29) is 29.9 Å². The zero-order valence-corrected chi connectivity index (χ0v) is 12.8. The number of aliphatic imine (C=N–C) groups is 1. The average molecular weight is 270 g/mol. The molecule has 0 aromatic carbocycles. The third-order valence-corrected chi connectivity index (χ3v) is 3.15. The molecule has 1 aliphatic heterocycles. The highest BCUT2D eigenvalue weighted by Gasteiger charge is 2.38. The number of nitrogens with zero attached hydrogens (tertiary/aromatic N) is 1. The molecule has 0 aromatic rings. The minimum Gasteiger partial charge on any atom is -0.469 e. The van der Waals surface area contributed by atoms with Crippen LogP contribution in [0, 0.1) is 0 Å². The summed E-state index contributed by atoms with van der Waals surface area (Å²) >= 11 is 0. The fraction of sp³-hybridized carbons (Fsp3) is 0.857. The summed E-state index contributed by atoms with van der Waals surface area (Å²) < 4.78 is 10.7. The number of carbonyl (C=O) groups excluding carboxylic acids is 1. The molecule has 1 rings (SSSR count). The van der Waals surface area contributed by atoms with Crippen LogP contribution in [-0.4, -0.2) is 42.7 Å². The van der Waals surface area contributed by atoms with Crippen LogP contribution in [0.25, 0.3) is 0 Å². The van der Waals surface area contributed by atoms with Crippen LogP contribution in [0.5, 0.6) is 0 Å². The molecule has 110 valence electrons. The van der Waals surface area contributed by atoms with Crippen molar-refractivity contribution in [1.82, 2.24) is 5.32 Å². The van der Waals surface area contributed by atoms with E-state index in [9.17, 15) is 4.79 Å². The van der Waals surface area contributed by atoms with Crippen LogP contribution in [0.1, 0.15) is 47.5 Å². The van der Waals surface area contributed by atoms with Gasteiger partial charge in [-0.3, -0.25) is 15.1 Å². The average Bonchev–Trinajstić information content (AvgIpc) is 2.50. The van der Waals surface area contributed by atoms with Crippen molar-refractivity contribution in [3.8, 4) is 0 Å². The quantitative estimate of drug-likeness (QED) is 0.612. The van der Waals surface area contributed by atoms with Crippen molar-refractivity contribution in [2.75, 3.05) is 7.11 Å². The van der Waals surface area contributed by atoms with Crippen molar-refractivity contribution in [2.45, 2.75) is 71.4 Å². The molecule has 1 heterocycles. The molecule has 0 saturated carbocycles. The molecule has 19 heavy (non-hydrogen) atoms. The lowest BCUT2D eigenvalue weighted by molar-refractivity contribution is -0.141. The second-order valence-electron chi connectivity index (χ2n) is 5.85. The third-order valence-electron chi connectivity index (χ3n) is 3.15. The van der Waals surface area contributed by atoms with Gasteiger partial charge in [0.05, 0.1) is 25.7 Å². The summed E-state index contributed by atoms with van der Waals surface area (Å²) in [7, 11) is 1.40. The van der Waals surface area contributed by atoms with Crippen molar-refractivity contribution >= 4 is 11.7 Å². The van der Waals surface area contributed by atoms with E-state index in [0.717, 1.165) is 12.1 Å². The summed E-state index contributed by atoms with van der Waals surface area (Å²) in [4.78, 5) is 16.0. The van der Waals surface area contributed by atoms with Crippen LogP contribution in [0.3, 0.4) is 0 Å². The Balaban J connectivity index is 2.67. The monoisotopic (exact) mass is 270 g/mol. The molecule has 1 aliphatic rings. The SMILES string of the molecule is COC(=O)C[C@@H](C[C@H]1OC(C)(C)N[C@@H]1C)N=C(C)C. The fourth-order valence-corrected chi connectivity index (χ4v) is 2.50. The molecule has 0 amide bonds. The normalized spacial score (nSPS) is 26.8. The molecule has 0 aromatic heterocycles. The predicted octanol–water partition coefficient (Wildman–Crippen LogP) is 1.90. The largest absolute Gasteiger partial charge is 0.469 e. The molecular formula is C14H26N2O3. The Bertz CT molecular complexity index is 349. The fourth-order valence-electron chi connectivity index (χ4n) is 2.50. The van der Waals surface area contributed by atoms with Crippen LogP contribution >= 0.6 is 0 Å². The second kappa shape index (κ2) is 6.48. The minimum atomic E-state index is -0.315. The number of ether oxygens (including phenoxy) is 2. The van der Waals surface area contributed by atoms with Gasteiger partial charge in [-0.1, -0.05) is 0 Å². The maximum absolute atomic E-state index is 11.4. The Kier molecular flexibility index (Phi) is 5.50. The van der Waals surface area contributed by atoms with Crippen LogP contribution in [0.15, 0.2) is 4.99 Å². The Morgan fingerprint density at radius 1 is 1.47 bits per heavy atom.